The molecule has 0 bridgehead atoms. The predicted octanol–water partition coefficient (Wildman–Crippen LogP) is 3.90. The average Bonchev–Trinajstić information content (AvgIpc) is 2.45. The van der Waals surface area contributed by atoms with Crippen LogP contribution in [0.1, 0.15) is 22.8 Å². The molecular weight excluding hydrogens is 287 g/mol. The van der Waals surface area contributed by atoms with Crippen LogP contribution in [-0.2, 0) is 6.18 Å². The second kappa shape index (κ2) is 5.85. The summed E-state index contributed by atoms with van der Waals surface area (Å²) >= 11 is 1.37. The molecule has 1 N–H and O–H groups in total. The summed E-state index contributed by atoms with van der Waals surface area (Å²) in [5, 5.41) is 10.3. The topological polar surface area (TPSA) is 33.1 Å². The Hall–Kier alpha value is -1.53. The van der Waals surface area contributed by atoms with Crippen molar-refractivity contribution >= 4 is 11.8 Å². The SMILES string of the molecule is CSc1ccccc1C(O)c1cnccc1C(F)(F)F. The van der Waals surface area contributed by atoms with E-state index in [1.165, 1.54) is 11.8 Å². The molecule has 0 amide bonds. The number of halogens is 3. The maximum atomic E-state index is 13.0. The molecule has 0 aliphatic rings. The second-order valence-electron chi connectivity index (χ2n) is 4.11. The zero-order chi connectivity index (χ0) is 14.8. The van der Waals surface area contributed by atoms with E-state index < -0.39 is 17.8 Å². The second-order valence-corrected chi connectivity index (χ2v) is 4.95. The standard InChI is InChI=1S/C14H12F3NOS/c1-20-12-5-3-2-4-9(12)13(19)10-8-18-7-6-11(10)14(15,16)17/h2-8,13,19H,1H3. The lowest BCUT2D eigenvalue weighted by molar-refractivity contribution is -0.139. The van der Waals surface area contributed by atoms with Crippen molar-refractivity contribution in [3.63, 3.8) is 0 Å². The lowest BCUT2D eigenvalue weighted by Crippen LogP contribution is -2.13. The third-order valence-electron chi connectivity index (χ3n) is 2.89. The highest BCUT2D eigenvalue weighted by Gasteiger charge is 2.35. The van der Waals surface area contributed by atoms with Crippen LogP contribution in [0.15, 0.2) is 47.6 Å². The van der Waals surface area contributed by atoms with Crippen LogP contribution in [0.2, 0.25) is 0 Å². The van der Waals surface area contributed by atoms with Crippen LogP contribution < -0.4 is 0 Å². The first kappa shape index (κ1) is 14.9. The van der Waals surface area contributed by atoms with Gasteiger partial charge in [-0.25, -0.2) is 0 Å². The lowest BCUT2D eigenvalue weighted by Gasteiger charge is -2.19. The third-order valence-corrected chi connectivity index (χ3v) is 3.70. The zero-order valence-electron chi connectivity index (χ0n) is 10.6. The molecule has 0 saturated heterocycles. The number of benzene rings is 1. The molecule has 1 atom stereocenters. The van der Waals surface area contributed by atoms with E-state index in [4.69, 9.17) is 0 Å². The summed E-state index contributed by atoms with van der Waals surface area (Å²) in [7, 11) is 0. The third kappa shape index (κ3) is 2.96. The molecule has 1 heterocycles. The van der Waals surface area contributed by atoms with E-state index >= 15 is 0 Å². The Morgan fingerprint density at radius 1 is 1.15 bits per heavy atom. The van der Waals surface area contributed by atoms with Gasteiger partial charge in [-0.05, 0) is 24.0 Å². The van der Waals surface area contributed by atoms with Crippen molar-refractivity contribution in [3.8, 4) is 0 Å². The summed E-state index contributed by atoms with van der Waals surface area (Å²) in [4.78, 5) is 4.43. The van der Waals surface area contributed by atoms with E-state index in [-0.39, 0.29) is 5.56 Å². The van der Waals surface area contributed by atoms with Crippen LogP contribution in [0.4, 0.5) is 13.2 Å². The Bertz CT molecular complexity index is 601. The number of rotatable bonds is 3. The van der Waals surface area contributed by atoms with Gasteiger partial charge in [0.15, 0.2) is 0 Å². The molecule has 1 aromatic heterocycles. The monoisotopic (exact) mass is 299 g/mol. The molecule has 2 nitrogen and oxygen atoms in total. The van der Waals surface area contributed by atoms with E-state index in [1.807, 2.05) is 0 Å². The van der Waals surface area contributed by atoms with Crippen molar-refractivity contribution in [2.24, 2.45) is 0 Å². The van der Waals surface area contributed by atoms with Crippen LogP contribution >= 0.6 is 11.8 Å². The Labute approximate surface area is 118 Å². The summed E-state index contributed by atoms with van der Waals surface area (Å²) in [6, 6.07) is 7.70. The van der Waals surface area contributed by atoms with Gasteiger partial charge in [0.2, 0.25) is 0 Å². The summed E-state index contributed by atoms with van der Waals surface area (Å²) in [6.07, 6.45) is -1.94. The molecule has 2 rings (SSSR count). The molecule has 1 aromatic carbocycles. The highest BCUT2D eigenvalue weighted by Crippen LogP contribution is 2.37. The maximum Gasteiger partial charge on any atom is 0.416 e. The van der Waals surface area contributed by atoms with E-state index in [2.05, 4.69) is 4.98 Å². The molecule has 0 radical (unpaired) electrons. The van der Waals surface area contributed by atoms with E-state index in [0.717, 1.165) is 23.4 Å². The lowest BCUT2D eigenvalue weighted by atomic mass is 9.98. The molecule has 20 heavy (non-hydrogen) atoms. The fourth-order valence-electron chi connectivity index (χ4n) is 1.94. The Morgan fingerprint density at radius 3 is 2.50 bits per heavy atom. The minimum atomic E-state index is -4.52. The smallest absolute Gasteiger partial charge is 0.384 e. The van der Waals surface area contributed by atoms with Crippen molar-refractivity contribution in [2.75, 3.05) is 6.26 Å². The fourth-order valence-corrected chi connectivity index (χ4v) is 2.57. The molecule has 1 unspecified atom stereocenters. The molecule has 0 aliphatic heterocycles. The average molecular weight is 299 g/mol. The summed E-state index contributed by atoms with van der Waals surface area (Å²) in [5.74, 6) is 0. The van der Waals surface area contributed by atoms with Crippen molar-refractivity contribution < 1.29 is 18.3 Å². The zero-order valence-corrected chi connectivity index (χ0v) is 11.4. The van der Waals surface area contributed by atoms with Gasteiger partial charge in [0.25, 0.3) is 0 Å². The van der Waals surface area contributed by atoms with E-state index in [9.17, 15) is 18.3 Å². The number of hydrogen-bond donors (Lipinski definition) is 1. The highest BCUT2D eigenvalue weighted by atomic mass is 32.2. The van der Waals surface area contributed by atoms with Gasteiger partial charge in [-0.2, -0.15) is 13.2 Å². The van der Waals surface area contributed by atoms with Crippen LogP contribution in [0.5, 0.6) is 0 Å². The van der Waals surface area contributed by atoms with Crippen LogP contribution in [0, 0.1) is 0 Å². The number of aromatic nitrogens is 1. The predicted molar refractivity (Wildman–Crippen MR) is 71.5 cm³/mol. The number of aliphatic hydroxyl groups is 1. The molecule has 0 spiro atoms. The van der Waals surface area contributed by atoms with Gasteiger partial charge in [-0.1, -0.05) is 18.2 Å². The largest absolute Gasteiger partial charge is 0.416 e. The number of hydrogen-bond acceptors (Lipinski definition) is 3. The first-order chi connectivity index (χ1) is 9.45. The molecule has 2 aromatic rings. The summed E-state index contributed by atoms with van der Waals surface area (Å²) < 4.78 is 38.9. The van der Waals surface area contributed by atoms with E-state index in [0.29, 0.717) is 5.56 Å². The van der Waals surface area contributed by atoms with Crippen LogP contribution in [0.25, 0.3) is 0 Å². The van der Waals surface area contributed by atoms with Crippen LogP contribution in [0.3, 0.4) is 0 Å². The van der Waals surface area contributed by atoms with Crippen molar-refractivity contribution in [1.29, 1.82) is 0 Å². The fraction of sp³-hybridized carbons (Fsp3) is 0.214. The summed E-state index contributed by atoms with van der Waals surface area (Å²) in [6.45, 7) is 0. The molecule has 0 saturated carbocycles. The quantitative estimate of drug-likeness (QED) is 0.872. The van der Waals surface area contributed by atoms with Gasteiger partial charge in [0.1, 0.15) is 6.10 Å². The number of aliphatic hydroxyl groups excluding tert-OH is 1. The highest BCUT2D eigenvalue weighted by molar-refractivity contribution is 7.98. The summed E-state index contributed by atoms with van der Waals surface area (Å²) in [5.41, 5.74) is -0.657. The normalized spacial score (nSPS) is 13.2. The van der Waals surface area contributed by atoms with Gasteiger partial charge in [-0.15, -0.1) is 11.8 Å². The van der Waals surface area contributed by atoms with Crippen molar-refractivity contribution in [3.05, 3.63) is 59.4 Å². The number of alkyl halides is 3. The number of pyridine rings is 1. The van der Waals surface area contributed by atoms with E-state index in [1.54, 1.807) is 30.5 Å². The van der Waals surface area contributed by atoms with Gasteiger partial charge in [-0.3, -0.25) is 4.98 Å². The first-order valence-electron chi connectivity index (χ1n) is 5.77. The Kier molecular flexibility index (Phi) is 4.35. The first-order valence-corrected chi connectivity index (χ1v) is 6.99. The number of thioether (sulfide) groups is 1. The van der Waals surface area contributed by atoms with Gasteiger partial charge >= 0.3 is 6.18 Å². The van der Waals surface area contributed by atoms with Gasteiger partial charge in [0.05, 0.1) is 5.56 Å². The van der Waals surface area contributed by atoms with Crippen LogP contribution in [-0.4, -0.2) is 16.3 Å². The minimum absolute atomic E-state index is 0.235. The molecule has 0 fully saturated rings. The van der Waals surface area contributed by atoms with Gasteiger partial charge in [0, 0.05) is 22.9 Å². The van der Waals surface area contributed by atoms with Gasteiger partial charge < -0.3 is 5.11 Å². The Balaban J connectivity index is 2.52. The minimum Gasteiger partial charge on any atom is -0.384 e. The maximum absolute atomic E-state index is 13.0. The molecular formula is C14H12F3NOS. The molecule has 6 heteroatoms. The molecule has 106 valence electrons. The number of nitrogens with zero attached hydrogens (tertiary/aromatic N) is 1. The molecule has 0 aliphatic carbocycles. The van der Waals surface area contributed by atoms with Crippen molar-refractivity contribution in [2.45, 2.75) is 17.2 Å². The van der Waals surface area contributed by atoms with Crippen molar-refractivity contribution in [1.82, 2.24) is 4.98 Å². The Morgan fingerprint density at radius 2 is 1.85 bits per heavy atom.